The first-order valence-electron chi connectivity index (χ1n) is 8.99. The maximum Gasteiger partial charge on any atom is 0.219 e. The van der Waals surface area contributed by atoms with Gasteiger partial charge >= 0.3 is 0 Å². The van der Waals surface area contributed by atoms with Gasteiger partial charge in [-0.25, -0.2) is 9.97 Å². The molecule has 1 aliphatic rings. The van der Waals surface area contributed by atoms with E-state index in [9.17, 15) is 4.79 Å². The highest BCUT2D eigenvalue weighted by atomic mass is 35.5. The molecule has 3 aromatic rings. The number of nitrogens with one attached hydrogen (secondary N) is 1. The van der Waals surface area contributed by atoms with Gasteiger partial charge in [0.25, 0.3) is 0 Å². The van der Waals surface area contributed by atoms with Gasteiger partial charge in [0.1, 0.15) is 11.6 Å². The second kappa shape index (κ2) is 7.81. The summed E-state index contributed by atoms with van der Waals surface area (Å²) in [6.07, 6.45) is 3.65. The van der Waals surface area contributed by atoms with Crippen LogP contribution in [0.25, 0.3) is 22.6 Å². The highest BCUT2D eigenvalue weighted by molar-refractivity contribution is 6.42. The summed E-state index contributed by atoms with van der Waals surface area (Å²) in [5.41, 5.74) is 2.58. The monoisotopic (exact) mass is 415 g/mol. The molecular weight excluding hydrogens is 397 g/mol. The molecular formula is C20H19Cl2N5O. The molecule has 0 bridgehead atoms. The number of nitrogens with zero attached hydrogens (tertiary/aromatic N) is 4. The summed E-state index contributed by atoms with van der Waals surface area (Å²) in [7, 11) is 0. The van der Waals surface area contributed by atoms with Crippen LogP contribution in [0.2, 0.25) is 10.0 Å². The molecule has 1 fully saturated rings. The van der Waals surface area contributed by atoms with Gasteiger partial charge in [0, 0.05) is 56.6 Å². The number of carbonyl (C=O) groups is 1. The van der Waals surface area contributed by atoms with E-state index < -0.39 is 0 Å². The van der Waals surface area contributed by atoms with E-state index in [0.717, 1.165) is 54.6 Å². The smallest absolute Gasteiger partial charge is 0.219 e. The van der Waals surface area contributed by atoms with E-state index in [-0.39, 0.29) is 5.91 Å². The number of hydrogen-bond donors (Lipinski definition) is 1. The van der Waals surface area contributed by atoms with Crippen LogP contribution in [0.4, 0.5) is 5.82 Å². The van der Waals surface area contributed by atoms with Crippen LogP contribution in [-0.4, -0.2) is 51.9 Å². The van der Waals surface area contributed by atoms with Crippen LogP contribution in [0, 0.1) is 0 Å². The number of anilines is 1. The number of carbonyl (C=O) groups excluding carboxylic acids is 1. The first-order valence-corrected chi connectivity index (χ1v) is 9.74. The molecule has 28 heavy (non-hydrogen) atoms. The summed E-state index contributed by atoms with van der Waals surface area (Å²) in [6, 6.07) is 9.43. The summed E-state index contributed by atoms with van der Waals surface area (Å²) in [4.78, 5) is 27.9. The van der Waals surface area contributed by atoms with Gasteiger partial charge < -0.3 is 14.8 Å². The SMILES string of the molecule is CC(=O)N1CCN(c2ccc(-c3nc(-c4ccc(Cl)c(Cl)c4)c[nH]3)cn2)CC1. The van der Waals surface area contributed by atoms with Gasteiger partial charge in [0.15, 0.2) is 0 Å². The zero-order valence-electron chi connectivity index (χ0n) is 15.3. The molecule has 1 saturated heterocycles. The summed E-state index contributed by atoms with van der Waals surface area (Å²) in [5.74, 6) is 1.77. The number of rotatable bonds is 3. The first-order chi connectivity index (χ1) is 13.5. The van der Waals surface area contributed by atoms with Gasteiger partial charge in [-0.3, -0.25) is 4.79 Å². The van der Waals surface area contributed by atoms with Crippen LogP contribution in [0.3, 0.4) is 0 Å². The molecule has 144 valence electrons. The van der Waals surface area contributed by atoms with Crippen LogP contribution in [0.15, 0.2) is 42.7 Å². The minimum absolute atomic E-state index is 0.124. The Labute approximate surface area is 173 Å². The minimum atomic E-state index is 0.124. The average Bonchev–Trinajstić information content (AvgIpc) is 3.20. The molecule has 0 radical (unpaired) electrons. The molecule has 0 atom stereocenters. The fourth-order valence-electron chi connectivity index (χ4n) is 3.24. The third kappa shape index (κ3) is 3.84. The second-order valence-electron chi connectivity index (χ2n) is 6.66. The van der Waals surface area contributed by atoms with Crippen molar-refractivity contribution >= 4 is 34.9 Å². The van der Waals surface area contributed by atoms with Gasteiger partial charge in [-0.1, -0.05) is 29.3 Å². The Bertz CT molecular complexity index is 994. The minimum Gasteiger partial charge on any atom is -0.353 e. The number of halogens is 2. The lowest BCUT2D eigenvalue weighted by Gasteiger charge is -2.34. The highest BCUT2D eigenvalue weighted by Gasteiger charge is 2.19. The third-order valence-electron chi connectivity index (χ3n) is 4.86. The van der Waals surface area contributed by atoms with Crippen molar-refractivity contribution in [1.29, 1.82) is 0 Å². The number of benzene rings is 1. The van der Waals surface area contributed by atoms with Gasteiger partial charge in [-0.05, 0) is 24.3 Å². The Morgan fingerprint density at radius 1 is 1.04 bits per heavy atom. The van der Waals surface area contributed by atoms with E-state index in [0.29, 0.717) is 10.0 Å². The highest BCUT2D eigenvalue weighted by Crippen LogP contribution is 2.29. The van der Waals surface area contributed by atoms with Gasteiger partial charge in [-0.15, -0.1) is 0 Å². The van der Waals surface area contributed by atoms with E-state index in [4.69, 9.17) is 23.2 Å². The Kier molecular flexibility index (Phi) is 5.24. The van der Waals surface area contributed by atoms with Crippen LogP contribution in [0.5, 0.6) is 0 Å². The number of hydrogen-bond acceptors (Lipinski definition) is 4. The number of piperazine rings is 1. The van der Waals surface area contributed by atoms with Crippen LogP contribution < -0.4 is 4.90 Å². The van der Waals surface area contributed by atoms with E-state index in [1.54, 1.807) is 19.1 Å². The summed E-state index contributed by atoms with van der Waals surface area (Å²) < 4.78 is 0. The van der Waals surface area contributed by atoms with Crippen molar-refractivity contribution < 1.29 is 4.79 Å². The van der Waals surface area contributed by atoms with Crippen molar-refractivity contribution in [2.45, 2.75) is 6.92 Å². The van der Waals surface area contributed by atoms with Crippen molar-refractivity contribution in [2.75, 3.05) is 31.1 Å². The van der Waals surface area contributed by atoms with Crippen molar-refractivity contribution in [1.82, 2.24) is 19.9 Å². The number of imidazole rings is 1. The summed E-state index contributed by atoms with van der Waals surface area (Å²) >= 11 is 12.1. The average molecular weight is 416 g/mol. The molecule has 3 heterocycles. The third-order valence-corrected chi connectivity index (χ3v) is 5.60. The van der Waals surface area contributed by atoms with Crippen LogP contribution >= 0.6 is 23.2 Å². The molecule has 1 amide bonds. The van der Waals surface area contributed by atoms with Crippen molar-refractivity contribution in [2.24, 2.45) is 0 Å². The quantitative estimate of drug-likeness (QED) is 0.698. The molecule has 8 heteroatoms. The Hall–Kier alpha value is -2.57. The Morgan fingerprint density at radius 2 is 1.79 bits per heavy atom. The fourth-order valence-corrected chi connectivity index (χ4v) is 3.53. The molecule has 1 aliphatic heterocycles. The number of aromatic amines is 1. The number of amides is 1. The molecule has 0 spiro atoms. The van der Waals surface area contributed by atoms with Gasteiger partial charge in [0.2, 0.25) is 5.91 Å². The fraction of sp³-hybridized carbons (Fsp3) is 0.250. The first kappa shape index (κ1) is 18.8. The zero-order valence-corrected chi connectivity index (χ0v) is 16.8. The standard InChI is InChI=1S/C20H19Cl2N5O/c1-13(28)26-6-8-27(9-7-26)19-5-3-15(11-23-19)20-24-12-18(25-20)14-2-4-16(21)17(22)10-14/h2-5,10-12H,6-9H2,1H3,(H,24,25). The number of H-pyrrole nitrogens is 1. The van der Waals surface area contributed by atoms with Gasteiger partial charge in [0.05, 0.1) is 15.7 Å². The molecule has 0 saturated carbocycles. The molecule has 6 nitrogen and oxygen atoms in total. The lowest BCUT2D eigenvalue weighted by molar-refractivity contribution is -0.129. The maximum atomic E-state index is 11.5. The zero-order chi connectivity index (χ0) is 19.7. The van der Waals surface area contributed by atoms with Crippen LogP contribution in [0.1, 0.15) is 6.92 Å². The maximum absolute atomic E-state index is 11.5. The molecule has 1 N–H and O–H groups in total. The number of aromatic nitrogens is 3. The van der Waals surface area contributed by atoms with Crippen molar-refractivity contribution in [3.05, 3.63) is 52.8 Å². The lowest BCUT2D eigenvalue weighted by Crippen LogP contribution is -2.48. The predicted octanol–water partition coefficient (Wildman–Crippen LogP) is 4.11. The van der Waals surface area contributed by atoms with E-state index in [1.807, 2.05) is 35.5 Å². The molecule has 1 aromatic carbocycles. The number of pyridine rings is 1. The molecule has 4 rings (SSSR count). The van der Waals surface area contributed by atoms with Crippen LogP contribution in [-0.2, 0) is 4.79 Å². The topological polar surface area (TPSA) is 65.1 Å². The van der Waals surface area contributed by atoms with E-state index in [2.05, 4.69) is 19.9 Å². The van der Waals surface area contributed by atoms with E-state index in [1.165, 1.54) is 0 Å². The van der Waals surface area contributed by atoms with E-state index >= 15 is 0 Å². The largest absolute Gasteiger partial charge is 0.353 e. The van der Waals surface area contributed by atoms with Crippen molar-refractivity contribution in [3.8, 4) is 22.6 Å². The summed E-state index contributed by atoms with van der Waals surface area (Å²) in [5, 5.41) is 1.02. The molecule has 2 aromatic heterocycles. The molecule has 0 aliphatic carbocycles. The van der Waals surface area contributed by atoms with Crippen molar-refractivity contribution in [3.63, 3.8) is 0 Å². The normalized spacial score (nSPS) is 14.4. The van der Waals surface area contributed by atoms with Gasteiger partial charge in [-0.2, -0.15) is 0 Å². The lowest BCUT2D eigenvalue weighted by atomic mass is 10.2. The Balaban J connectivity index is 1.48. The molecule has 0 unspecified atom stereocenters. The second-order valence-corrected chi connectivity index (χ2v) is 7.48. The summed E-state index contributed by atoms with van der Waals surface area (Å²) in [6.45, 7) is 4.63. The predicted molar refractivity (Wildman–Crippen MR) is 112 cm³/mol. The Morgan fingerprint density at radius 3 is 2.43 bits per heavy atom.